The molecule has 0 radical (unpaired) electrons. The average molecular weight is 1190 g/mol. The molecule has 1 amide bonds. The van der Waals surface area contributed by atoms with Crippen LogP contribution in [-0.4, -0.2) is 73.4 Å². The normalized spacial score (nSPS) is 14.4. The van der Waals surface area contributed by atoms with Crippen molar-refractivity contribution in [3.8, 4) is 0 Å². The van der Waals surface area contributed by atoms with Gasteiger partial charge < -0.3 is 19.8 Å². The zero-order chi connectivity index (χ0) is 61.2. The summed E-state index contributed by atoms with van der Waals surface area (Å²) < 4.78 is 23.8. The Labute approximate surface area is 520 Å². The standard InChI is InChI=1S/C75H133N2O6P/c1-6-8-10-12-14-16-18-20-22-24-26-28-30-32-34-35-36-37-38-39-40-41-43-45-47-49-51-53-55-57-59-61-63-65-67-69-75(79)76-73(72-83-84(80,81)82-71-70-77(3,4)5)74(78)68-66-64-62-60-58-56-54-52-50-48-46-44-42-33-31-29-27-25-23-21-19-17-15-13-11-9-7-2/h8,10,14,16,20,22,26,28,32,34,36-37,39-40,43,45,49,51,66,68,73-74,78H,6-7,9,11-13,15,17-19,21,23-25,27,29-31,33,35,38,41-42,44,46-48,50,52-65,67,69-72H2,1-5H3,(H-,76,79,80,81)/p+1/b10-8-,16-14-,22-20-,28-26-,34-32-,37-36-,40-39-,45-43-,51-49-,68-66+. The molecule has 3 unspecified atom stereocenters. The Balaban J connectivity index is 4.17. The van der Waals surface area contributed by atoms with Crippen LogP contribution >= 0.6 is 7.82 Å². The van der Waals surface area contributed by atoms with E-state index in [0.29, 0.717) is 17.4 Å². The number of hydrogen-bond donors (Lipinski definition) is 3. The molecule has 0 aromatic rings. The number of quaternary nitrogens is 1. The van der Waals surface area contributed by atoms with E-state index in [0.717, 1.165) is 109 Å². The van der Waals surface area contributed by atoms with E-state index >= 15 is 0 Å². The molecule has 0 bridgehead atoms. The van der Waals surface area contributed by atoms with Gasteiger partial charge in [-0.15, -0.1) is 0 Å². The van der Waals surface area contributed by atoms with Crippen LogP contribution in [-0.2, 0) is 18.4 Å². The largest absolute Gasteiger partial charge is 0.472 e. The van der Waals surface area contributed by atoms with Gasteiger partial charge in [0.05, 0.1) is 39.9 Å². The zero-order valence-electron chi connectivity index (χ0n) is 55.4. The number of phosphoric ester groups is 1. The third-order valence-corrected chi connectivity index (χ3v) is 16.2. The van der Waals surface area contributed by atoms with Crippen molar-refractivity contribution in [3.63, 3.8) is 0 Å². The highest BCUT2D eigenvalue weighted by atomic mass is 31.2. The number of amides is 1. The molecule has 8 nitrogen and oxygen atoms in total. The summed E-state index contributed by atoms with van der Waals surface area (Å²) in [5.74, 6) is -0.190. The van der Waals surface area contributed by atoms with Gasteiger partial charge in [-0.2, -0.15) is 0 Å². The van der Waals surface area contributed by atoms with Crippen LogP contribution in [0.3, 0.4) is 0 Å². The number of rotatable bonds is 63. The molecule has 0 aromatic heterocycles. The Morgan fingerprint density at radius 2 is 0.714 bits per heavy atom. The molecule has 0 rings (SSSR count). The molecule has 0 aliphatic rings. The summed E-state index contributed by atoms with van der Waals surface area (Å²) >= 11 is 0. The number of aliphatic hydroxyl groups is 1. The lowest BCUT2D eigenvalue weighted by atomic mass is 10.0. The highest BCUT2D eigenvalue weighted by Gasteiger charge is 2.28. The van der Waals surface area contributed by atoms with Crippen LogP contribution in [0.1, 0.15) is 296 Å². The van der Waals surface area contributed by atoms with E-state index in [-0.39, 0.29) is 19.1 Å². The molecular weight excluding hydrogens is 1060 g/mol. The Kier molecular flexibility index (Phi) is 62.0. The molecule has 0 heterocycles. The quantitative estimate of drug-likeness (QED) is 0.0243. The van der Waals surface area contributed by atoms with E-state index in [1.807, 2.05) is 27.2 Å². The summed E-state index contributed by atoms with van der Waals surface area (Å²) in [6.45, 7) is 4.71. The second kappa shape index (κ2) is 64.4. The van der Waals surface area contributed by atoms with Crippen molar-refractivity contribution in [2.24, 2.45) is 0 Å². The van der Waals surface area contributed by atoms with Crippen LogP contribution in [0.15, 0.2) is 122 Å². The number of aliphatic hydroxyl groups excluding tert-OH is 1. The van der Waals surface area contributed by atoms with Crippen molar-refractivity contribution in [1.82, 2.24) is 5.32 Å². The fraction of sp³-hybridized carbons (Fsp3) is 0.720. The van der Waals surface area contributed by atoms with Gasteiger partial charge in [0.15, 0.2) is 0 Å². The maximum atomic E-state index is 13.1. The van der Waals surface area contributed by atoms with E-state index in [2.05, 4.69) is 129 Å². The molecule has 0 aromatic carbocycles. The predicted octanol–water partition coefficient (Wildman–Crippen LogP) is 22.4. The van der Waals surface area contributed by atoms with Crippen molar-refractivity contribution < 1.29 is 32.9 Å². The lowest BCUT2D eigenvalue weighted by Crippen LogP contribution is -2.45. The minimum atomic E-state index is -4.37. The third-order valence-electron chi connectivity index (χ3n) is 15.2. The Morgan fingerprint density at radius 3 is 1.05 bits per heavy atom. The highest BCUT2D eigenvalue weighted by Crippen LogP contribution is 2.43. The van der Waals surface area contributed by atoms with Crippen LogP contribution < -0.4 is 5.32 Å². The topological polar surface area (TPSA) is 105 Å². The van der Waals surface area contributed by atoms with Gasteiger partial charge in [0.2, 0.25) is 5.91 Å². The number of hydrogen-bond acceptors (Lipinski definition) is 5. The predicted molar refractivity (Wildman–Crippen MR) is 368 cm³/mol. The number of carbonyl (C=O) groups is 1. The molecule has 0 aliphatic carbocycles. The Morgan fingerprint density at radius 1 is 0.417 bits per heavy atom. The molecule has 3 N–H and O–H groups in total. The number of likely N-dealkylation sites (N-methyl/N-ethyl adjacent to an activating group) is 1. The summed E-state index contributed by atoms with van der Waals surface area (Å²) in [5, 5.41) is 14.0. The summed E-state index contributed by atoms with van der Waals surface area (Å²) in [7, 11) is 1.56. The van der Waals surface area contributed by atoms with Crippen LogP contribution in [0.4, 0.5) is 0 Å². The summed E-state index contributed by atoms with van der Waals surface area (Å²) in [6, 6.07) is -0.863. The van der Waals surface area contributed by atoms with Gasteiger partial charge in [0.25, 0.3) is 0 Å². The number of nitrogens with one attached hydrogen (secondary N) is 1. The smallest absolute Gasteiger partial charge is 0.387 e. The van der Waals surface area contributed by atoms with Gasteiger partial charge in [-0.1, -0.05) is 322 Å². The van der Waals surface area contributed by atoms with Gasteiger partial charge in [-0.05, 0) is 89.9 Å². The van der Waals surface area contributed by atoms with Gasteiger partial charge in [0.1, 0.15) is 13.2 Å². The first kappa shape index (κ1) is 80.9. The highest BCUT2D eigenvalue weighted by molar-refractivity contribution is 7.47. The molecule has 84 heavy (non-hydrogen) atoms. The number of allylic oxidation sites excluding steroid dienone is 19. The van der Waals surface area contributed by atoms with E-state index in [9.17, 15) is 19.4 Å². The first-order chi connectivity index (χ1) is 41.0. The van der Waals surface area contributed by atoms with Crippen LogP contribution in [0, 0.1) is 0 Å². The molecule has 0 fully saturated rings. The first-order valence-corrected chi connectivity index (χ1v) is 36.4. The van der Waals surface area contributed by atoms with Crippen molar-refractivity contribution >= 4 is 13.7 Å². The monoisotopic (exact) mass is 1190 g/mol. The lowest BCUT2D eigenvalue weighted by molar-refractivity contribution is -0.870. The van der Waals surface area contributed by atoms with Crippen molar-refractivity contribution in [2.75, 3.05) is 40.9 Å². The van der Waals surface area contributed by atoms with Crippen molar-refractivity contribution in [1.29, 1.82) is 0 Å². The lowest BCUT2D eigenvalue weighted by Gasteiger charge is -2.25. The molecule has 0 saturated carbocycles. The minimum Gasteiger partial charge on any atom is -0.387 e. The number of phosphoric acid groups is 1. The van der Waals surface area contributed by atoms with Gasteiger partial charge >= 0.3 is 7.82 Å². The fourth-order valence-electron chi connectivity index (χ4n) is 9.80. The average Bonchev–Trinajstić information content (AvgIpc) is 3.56. The maximum absolute atomic E-state index is 13.1. The Hall–Kier alpha value is -3.10. The molecule has 3 atom stereocenters. The maximum Gasteiger partial charge on any atom is 0.472 e. The number of nitrogens with zero attached hydrogens (tertiary/aromatic N) is 1. The Bertz CT molecular complexity index is 1780. The molecule has 0 aliphatic heterocycles. The van der Waals surface area contributed by atoms with Crippen LogP contribution in [0.2, 0.25) is 0 Å². The van der Waals surface area contributed by atoms with E-state index in [1.54, 1.807) is 6.08 Å². The van der Waals surface area contributed by atoms with E-state index in [4.69, 9.17) is 9.05 Å². The first-order valence-electron chi connectivity index (χ1n) is 34.9. The number of unbranched alkanes of at least 4 members (excludes halogenated alkanes) is 32. The molecule has 0 spiro atoms. The van der Waals surface area contributed by atoms with Gasteiger partial charge in [-0.3, -0.25) is 13.8 Å². The molecule has 484 valence electrons. The SMILES string of the molecule is CC/C=C\C/C=C\C/C=C\C/C=C\C/C=C\C/C=C\C/C=C\C/C=C\C/C=C\CCCCCCCCCC(=O)NC(COP(=O)(O)OCC[N+](C)(C)C)C(O)/C=C/CCCCCCCCCCCCCCCCCCCCCCCCCCC. The fourth-order valence-corrected chi connectivity index (χ4v) is 10.5. The summed E-state index contributed by atoms with van der Waals surface area (Å²) in [6.07, 6.45) is 96.2. The second-order valence-corrected chi connectivity index (χ2v) is 26.0. The van der Waals surface area contributed by atoms with E-state index in [1.165, 1.54) is 167 Å². The number of carbonyl (C=O) groups excluding carboxylic acids is 1. The molecule has 9 heteroatoms. The third kappa shape index (κ3) is 66.4. The summed E-state index contributed by atoms with van der Waals surface area (Å²) in [4.78, 5) is 23.4. The van der Waals surface area contributed by atoms with Crippen molar-refractivity contribution in [3.05, 3.63) is 122 Å². The van der Waals surface area contributed by atoms with Crippen LogP contribution in [0.25, 0.3) is 0 Å². The van der Waals surface area contributed by atoms with Crippen molar-refractivity contribution in [2.45, 2.75) is 309 Å². The molecular formula is C75H134N2O6P+. The zero-order valence-corrected chi connectivity index (χ0v) is 56.3. The van der Waals surface area contributed by atoms with Gasteiger partial charge in [-0.25, -0.2) is 4.57 Å². The summed E-state index contributed by atoms with van der Waals surface area (Å²) in [5.41, 5.74) is 0. The second-order valence-electron chi connectivity index (χ2n) is 24.5. The molecule has 0 saturated heterocycles. The van der Waals surface area contributed by atoms with Crippen LogP contribution in [0.5, 0.6) is 0 Å². The van der Waals surface area contributed by atoms with E-state index < -0.39 is 20.0 Å². The van der Waals surface area contributed by atoms with Gasteiger partial charge in [0, 0.05) is 6.42 Å². The minimum absolute atomic E-state index is 0.0536.